The number of nitrogens with one attached hydrogen (secondary N) is 1. The standard InChI is InChI=1S/C4H8F3N/c1-8-2-3(5)4(6)7/h3-4,8H,2H2,1H3. The van der Waals surface area contributed by atoms with E-state index in [2.05, 4.69) is 5.32 Å². The highest BCUT2D eigenvalue weighted by Gasteiger charge is 2.16. The Hall–Kier alpha value is -0.250. The maximum Gasteiger partial charge on any atom is 0.270 e. The van der Waals surface area contributed by atoms with Gasteiger partial charge in [0.2, 0.25) is 0 Å². The van der Waals surface area contributed by atoms with Crippen LogP contribution in [0.1, 0.15) is 0 Å². The van der Waals surface area contributed by atoms with Crippen LogP contribution >= 0.6 is 0 Å². The van der Waals surface area contributed by atoms with E-state index in [0.29, 0.717) is 0 Å². The fourth-order valence-corrected chi connectivity index (χ4v) is 0.284. The summed E-state index contributed by atoms with van der Waals surface area (Å²) >= 11 is 0. The zero-order valence-electron chi connectivity index (χ0n) is 4.50. The third kappa shape index (κ3) is 2.85. The molecule has 0 amide bonds. The van der Waals surface area contributed by atoms with Crippen LogP contribution in [0.5, 0.6) is 0 Å². The fraction of sp³-hybridized carbons (Fsp3) is 1.00. The minimum absolute atomic E-state index is 0.280. The third-order valence-corrected chi connectivity index (χ3v) is 0.673. The molecule has 1 N–H and O–H groups in total. The smallest absolute Gasteiger partial charge is 0.270 e. The fourth-order valence-electron chi connectivity index (χ4n) is 0.284. The van der Waals surface area contributed by atoms with Crippen molar-refractivity contribution in [2.24, 2.45) is 0 Å². The molecule has 0 radical (unpaired) electrons. The Kier molecular flexibility index (Phi) is 3.60. The van der Waals surface area contributed by atoms with E-state index in [1.807, 2.05) is 0 Å². The summed E-state index contributed by atoms with van der Waals surface area (Å²) < 4.78 is 34.1. The van der Waals surface area contributed by atoms with Crippen LogP contribution < -0.4 is 5.32 Å². The SMILES string of the molecule is CNCC(F)C(F)F. The first kappa shape index (κ1) is 7.75. The molecule has 0 heterocycles. The maximum atomic E-state index is 11.7. The van der Waals surface area contributed by atoms with Crippen LogP contribution in [0.3, 0.4) is 0 Å². The second-order valence-corrected chi connectivity index (χ2v) is 1.41. The Morgan fingerprint density at radius 2 is 1.88 bits per heavy atom. The lowest BCUT2D eigenvalue weighted by molar-refractivity contribution is 0.0512. The van der Waals surface area contributed by atoms with Crippen LogP contribution in [0.2, 0.25) is 0 Å². The molecule has 0 aliphatic carbocycles. The first-order valence-electron chi connectivity index (χ1n) is 2.25. The highest BCUT2D eigenvalue weighted by molar-refractivity contribution is 4.58. The molecule has 0 saturated heterocycles. The van der Waals surface area contributed by atoms with Gasteiger partial charge in [-0.05, 0) is 7.05 Å². The van der Waals surface area contributed by atoms with E-state index in [9.17, 15) is 13.2 Å². The van der Waals surface area contributed by atoms with Gasteiger partial charge in [0.15, 0.2) is 6.17 Å². The van der Waals surface area contributed by atoms with Crippen molar-refractivity contribution in [2.45, 2.75) is 12.6 Å². The largest absolute Gasteiger partial charge is 0.317 e. The van der Waals surface area contributed by atoms with E-state index in [1.54, 1.807) is 0 Å². The zero-order valence-corrected chi connectivity index (χ0v) is 4.50. The van der Waals surface area contributed by atoms with Crippen LogP contribution in [-0.4, -0.2) is 26.2 Å². The Bertz CT molecular complexity index is 57.2. The molecule has 0 fully saturated rings. The van der Waals surface area contributed by atoms with Crippen molar-refractivity contribution in [1.29, 1.82) is 0 Å². The van der Waals surface area contributed by atoms with Crippen LogP contribution in [0.4, 0.5) is 13.2 Å². The van der Waals surface area contributed by atoms with Crippen molar-refractivity contribution in [3.8, 4) is 0 Å². The lowest BCUT2D eigenvalue weighted by Gasteiger charge is -2.03. The van der Waals surface area contributed by atoms with Gasteiger partial charge >= 0.3 is 0 Å². The molecule has 0 bridgehead atoms. The second-order valence-electron chi connectivity index (χ2n) is 1.41. The molecule has 1 nitrogen and oxygen atoms in total. The normalized spacial score (nSPS) is 14.6. The quantitative estimate of drug-likeness (QED) is 0.591. The molecule has 0 aromatic carbocycles. The molecule has 4 heteroatoms. The first-order valence-corrected chi connectivity index (χ1v) is 2.25. The monoisotopic (exact) mass is 127 g/mol. The van der Waals surface area contributed by atoms with Crippen molar-refractivity contribution in [2.75, 3.05) is 13.6 Å². The van der Waals surface area contributed by atoms with Gasteiger partial charge in [-0.25, -0.2) is 13.2 Å². The highest BCUT2D eigenvalue weighted by atomic mass is 19.3. The summed E-state index contributed by atoms with van der Waals surface area (Å²) in [6.45, 7) is -0.280. The zero-order chi connectivity index (χ0) is 6.57. The molecular weight excluding hydrogens is 119 g/mol. The van der Waals surface area contributed by atoms with E-state index in [0.717, 1.165) is 0 Å². The van der Waals surface area contributed by atoms with Gasteiger partial charge in [-0.2, -0.15) is 0 Å². The van der Waals surface area contributed by atoms with Gasteiger partial charge in [0.05, 0.1) is 0 Å². The molecule has 0 rings (SSSR count). The molecule has 50 valence electrons. The molecule has 0 spiro atoms. The Balaban J connectivity index is 3.17. The molecule has 0 saturated carbocycles. The third-order valence-electron chi connectivity index (χ3n) is 0.673. The predicted molar refractivity (Wildman–Crippen MR) is 24.8 cm³/mol. The molecule has 1 atom stereocenters. The van der Waals surface area contributed by atoms with Crippen molar-refractivity contribution in [3.63, 3.8) is 0 Å². The van der Waals surface area contributed by atoms with Gasteiger partial charge in [0.25, 0.3) is 6.43 Å². The van der Waals surface area contributed by atoms with Gasteiger partial charge in [-0.1, -0.05) is 0 Å². The summed E-state index contributed by atoms with van der Waals surface area (Å²) in [7, 11) is 1.43. The predicted octanol–water partition coefficient (Wildman–Crippen LogP) is 0.809. The molecule has 8 heavy (non-hydrogen) atoms. The van der Waals surface area contributed by atoms with Gasteiger partial charge in [0, 0.05) is 6.54 Å². The maximum absolute atomic E-state index is 11.7. The molecule has 0 aliphatic rings. The molecule has 1 unspecified atom stereocenters. The summed E-state index contributed by atoms with van der Waals surface area (Å²) in [5.74, 6) is 0. The minimum Gasteiger partial charge on any atom is -0.317 e. The highest BCUT2D eigenvalue weighted by Crippen LogP contribution is 2.02. The van der Waals surface area contributed by atoms with Crippen LogP contribution in [-0.2, 0) is 0 Å². The first-order chi connectivity index (χ1) is 3.68. The Morgan fingerprint density at radius 3 is 2.00 bits per heavy atom. The number of rotatable bonds is 3. The topological polar surface area (TPSA) is 12.0 Å². The second kappa shape index (κ2) is 3.72. The Morgan fingerprint density at radius 1 is 1.38 bits per heavy atom. The summed E-state index contributed by atoms with van der Waals surface area (Å²) in [4.78, 5) is 0. The van der Waals surface area contributed by atoms with Crippen LogP contribution in [0.25, 0.3) is 0 Å². The van der Waals surface area contributed by atoms with E-state index in [-0.39, 0.29) is 6.54 Å². The summed E-state index contributed by atoms with van der Waals surface area (Å²) in [6.07, 6.45) is -4.89. The number of halogens is 3. The van der Waals surface area contributed by atoms with Gasteiger partial charge < -0.3 is 5.32 Å². The summed E-state index contributed by atoms with van der Waals surface area (Å²) in [6, 6.07) is 0. The van der Waals surface area contributed by atoms with Crippen molar-refractivity contribution in [1.82, 2.24) is 5.32 Å². The van der Waals surface area contributed by atoms with Gasteiger partial charge in [-0.3, -0.25) is 0 Å². The average molecular weight is 127 g/mol. The van der Waals surface area contributed by atoms with Gasteiger partial charge in [-0.15, -0.1) is 0 Å². The van der Waals surface area contributed by atoms with Gasteiger partial charge in [0.1, 0.15) is 0 Å². The summed E-state index contributed by atoms with van der Waals surface area (Å²) in [5.41, 5.74) is 0. The lowest BCUT2D eigenvalue weighted by Crippen LogP contribution is -2.25. The van der Waals surface area contributed by atoms with Crippen LogP contribution in [0.15, 0.2) is 0 Å². The van der Waals surface area contributed by atoms with E-state index >= 15 is 0 Å². The van der Waals surface area contributed by atoms with E-state index in [4.69, 9.17) is 0 Å². The molecular formula is C4H8F3N. The average Bonchev–Trinajstić information content (AvgIpc) is 1.67. The lowest BCUT2D eigenvalue weighted by atomic mass is 10.4. The number of hydrogen-bond donors (Lipinski definition) is 1. The summed E-state index contributed by atoms with van der Waals surface area (Å²) in [5, 5.41) is 2.29. The minimum atomic E-state index is -2.86. The van der Waals surface area contributed by atoms with E-state index < -0.39 is 12.6 Å². The van der Waals surface area contributed by atoms with E-state index in [1.165, 1.54) is 7.05 Å². The molecule has 0 aromatic rings. The van der Waals surface area contributed by atoms with Crippen molar-refractivity contribution >= 4 is 0 Å². The number of hydrogen-bond acceptors (Lipinski definition) is 1. The Labute approximate surface area is 45.9 Å². The molecule has 0 aromatic heterocycles. The van der Waals surface area contributed by atoms with Crippen LogP contribution in [0, 0.1) is 0 Å². The number of alkyl halides is 3. The van der Waals surface area contributed by atoms with Crippen molar-refractivity contribution in [3.05, 3.63) is 0 Å². The molecule has 0 aliphatic heterocycles. The van der Waals surface area contributed by atoms with Crippen molar-refractivity contribution < 1.29 is 13.2 Å².